The highest BCUT2D eigenvalue weighted by molar-refractivity contribution is 7.89. The third-order valence-corrected chi connectivity index (χ3v) is 9.11. The predicted molar refractivity (Wildman–Crippen MR) is 169 cm³/mol. The van der Waals surface area contributed by atoms with Gasteiger partial charge in [-0.05, 0) is 52.2 Å². The van der Waals surface area contributed by atoms with E-state index in [0.717, 1.165) is 33.3 Å². The minimum Gasteiger partial charge on any atom is -0.493 e. The molecule has 1 heterocycles. The number of para-hydroxylation sites is 1. The molecule has 0 saturated heterocycles. The van der Waals surface area contributed by atoms with E-state index in [1.54, 1.807) is 18.2 Å². The third kappa shape index (κ3) is 6.88. The van der Waals surface area contributed by atoms with Gasteiger partial charge in [0.2, 0.25) is 15.9 Å². The Kier molecular flexibility index (Phi) is 8.40. The molecule has 218 valence electrons. The molecule has 0 fully saturated rings. The monoisotopic (exact) mass is 591 g/mol. The molecular weight excluding hydrogens is 558 g/mol. The van der Waals surface area contributed by atoms with E-state index in [1.807, 2.05) is 103 Å². The van der Waals surface area contributed by atoms with Crippen LogP contribution in [0, 0.1) is 0 Å². The Hall–Kier alpha value is -4.66. The predicted octanol–water partition coefficient (Wildman–Crippen LogP) is 6.50. The molecule has 1 amide bonds. The summed E-state index contributed by atoms with van der Waals surface area (Å²) in [4.78, 5) is 13.6. The van der Waals surface area contributed by atoms with Crippen molar-refractivity contribution in [3.63, 3.8) is 0 Å². The molecule has 6 rings (SSSR count). The maximum atomic E-state index is 13.5. The van der Waals surface area contributed by atoms with E-state index < -0.39 is 16.1 Å². The van der Waals surface area contributed by atoms with Crippen molar-refractivity contribution in [3.8, 4) is 5.75 Å². The van der Waals surface area contributed by atoms with Crippen molar-refractivity contribution in [1.29, 1.82) is 0 Å². The summed E-state index contributed by atoms with van der Waals surface area (Å²) < 4.78 is 35.8. The molecule has 5 aromatic carbocycles. The second-order valence-electron chi connectivity index (χ2n) is 10.6. The van der Waals surface area contributed by atoms with Crippen molar-refractivity contribution >= 4 is 32.4 Å². The zero-order valence-corrected chi connectivity index (χ0v) is 24.4. The van der Waals surface area contributed by atoms with Gasteiger partial charge in [0.25, 0.3) is 0 Å². The van der Waals surface area contributed by atoms with E-state index in [-0.39, 0.29) is 23.3 Å². The molecule has 0 aromatic heterocycles. The first-order valence-corrected chi connectivity index (χ1v) is 15.8. The minimum atomic E-state index is -3.91. The number of benzene rings is 5. The standard InChI is InChI=1S/C35H33N3O4S/c39-35(37-32-19-20-42-34-21-25(15-18-31(32)34)24-36-29-13-5-2-6-14-29)23-33(27-10-3-1-4-11-27)38-43(40,41)30-17-16-26-9-7-8-12-28(26)22-30/h1-18,21-22,32-33,36,38H,19-20,23-24H2,(H,37,39). The van der Waals surface area contributed by atoms with E-state index in [9.17, 15) is 13.2 Å². The van der Waals surface area contributed by atoms with Gasteiger partial charge in [-0.1, -0.05) is 91.0 Å². The molecule has 0 saturated carbocycles. The molecule has 0 spiro atoms. The Balaban J connectivity index is 1.16. The van der Waals surface area contributed by atoms with Gasteiger partial charge in [0.15, 0.2) is 0 Å². The van der Waals surface area contributed by atoms with Crippen LogP contribution in [0.5, 0.6) is 5.75 Å². The van der Waals surface area contributed by atoms with Crippen molar-refractivity contribution in [1.82, 2.24) is 10.0 Å². The Morgan fingerprint density at radius 2 is 1.53 bits per heavy atom. The number of anilines is 1. The number of rotatable bonds is 10. The third-order valence-electron chi connectivity index (χ3n) is 7.64. The Morgan fingerprint density at radius 1 is 0.814 bits per heavy atom. The lowest BCUT2D eigenvalue weighted by Crippen LogP contribution is -2.36. The summed E-state index contributed by atoms with van der Waals surface area (Å²) >= 11 is 0. The quantitative estimate of drug-likeness (QED) is 0.172. The second kappa shape index (κ2) is 12.7. The maximum absolute atomic E-state index is 13.5. The van der Waals surface area contributed by atoms with Gasteiger partial charge >= 0.3 is 0 Å². The molecule has 2 atom stereocenters. The maximum Gasteiger partial charge on any atom is 0.241 e. The minimum absolute atomic E-state index is 0.0530. The van der Waals surface area contributed by atoms with E-state index in [4.69, 9.17) is 4.74 Å². The molecule has 2 unspecified atom stereocenters. The van der Waals surface area contributed by atoms with Crippen LogP contribution < -0.4 is 20.1 Å². The largest absolute Gasteiger partial charge is 0.493 e. The lowest BCUT2D eigenvalue weighted by Gasteiger charge is -2.28. The number of carbonyl (C=O) groups excluding carboxylic acids is 1. The van der Waals surface area contributed by atoms with Gasteiger partial charge in [-0.2, -0.15) is 0 Å². The van der Waals surface area contributed by atoms with Gasteiger partial charge < -0.3 is 15.4 Å². The molecule has 7 nitrogen and oxygen atoms in total. The summed E-state index contributed by atoms with van der Waals surface area (Å²) in [5.41, 5.74) is 3.73. The fourth-order valence-electron chi connectivity index (χ4n) is 5.40. The summed E-state index contributed by atoms with van der Waals surface area (Å²) in [6.07, 6.45) is 0.571. The summed E-state index contributed by atoms with van der Waals surface area (Å²) in [7, 11) is -3.91. The van der Waals surface area contributed by atoms with Crippen LogP contribution in [0.2, 0.25) is 0 Å². The van der Waals surface area contributed by atoms with Crippen LogP contribution in [0.25, 0.3) is 10.8 Å². The molecule has 3 N–H and O–H groups in total. The van der Waals surface area contributed by atoms with Crippen molar-refractivity contribution in [2.75, 3.05) is 11.9 Å². The van der Waals surface area contributed by atoms with Crippen LogP contribution >= 0.6 is 0 Å². The van der Waals surface area contributed by atoms with E-state index >= 15 is 0 Å². The number of hydrogen-bond donors (Lipinski definition) is 3. The first kappa shape index (κ1) is 28.5. The Morgan fingerprint density at radius 3 is 2.33 bits per heavy atom. The van der Waals surface area contributed by atoms with Gasteiger partial charge in [0, 0.05) is 30.6 Å². The van der Waals surface area contributed by atoms with E-state index in [2.05, 4.69) is 15.4 Å². The summed E-state index contributed by atoms with van der Waals surface area (Å²) in [6.45, 7) is 1.12. The number of nitrogens with one attached hydrogen (secondary N) is 3. The average molecular weight is 592 g/mol. The van der Waals surface area contributed by atoms with Crippen molar-refractivity contribution in [2.24, 2.45) is 0 Å². The van der Waals surface area contributed by atoms with Gasteiger partial charge in [-0.25, -0.2) is 13.1 Å². The van der Waals surface area contributed by atoms with E-state index in [0.29, 0.717) is 25.1 Å². The molecule has 43 heavy (non-hydrogen) atoms. The highest BCUT2D eigenvalue weighted by atomic mass is 32.2. The highest BCUT2D eigenvalue weighted by Gasteiger charge is 2.27. The Labute approximate surface area is 252 Å². The first-order valence-electron chi connectivity index (χ1n) is 14.3. The molecule has 1 aliphatic rings. The number of fused-ring (bicyclic) bond motifs is 2. The number of carbonyl (C=O) groups is 1. The molecule has 0 bridgehead atoms. The zero-order chi connectivity index (χ0) is 29.6. The Bertz CT molecular complexity index is 1830. The van der Waals surface area contributed by atoms with Crippen LogP contribution in [0.3, 0.4) is 0 Å². The highest BCUT2D eigenvalue weighted by Crippen LogP contribution is 2.33. The zero-order valence-electron chi connectivity index (χ0n) is 23.6. The fourth-order valence-corrected chi connectivity index (χ4v) is 6.65. The number of amides is 1. The van der Waals surface area contributed by atoms with Crippen molar-refractivity contribution in [2.45, 2.75) is 36.4 Å². The van der Waals surface area contributed by atoms with Crippen LogP contribution in [0.15, 0.2) is 126 Å². The van der Waals surface area contributed by atoms with Gasteiger partial charge in [-0.3, -0.25) is 4.79 Å². The normalized spacial score (nSPS) is 15.2. The van der Waals surface area contributed by atoms with Crippen molar-refractivity contribution < 1.29 is 17.9 Å². The molecule has 8 heteroatoms. The number of ether oxygens (including phenoxy) is 1. The lowest BCUT2D eigenvalue weighted by atomic mass is 9.98. The van der Waals surface area contributed by atoms with Crippen molar-refractivity contribution in [3.05, 3.63) is 138 Å². The summed E-state index contributed by atoms with van der Waals surface area (Å²) in [6, 6.07) is 36.9. The molecule has 5 aromatic rings. The summed E-state index contributed by atoms with van der Waals surface area (Å²) in [5.74, 6) is 0.503. The molecular formula is C35H33N3O4S. The van der Waals surface area contributed by atoms with Crippen LogP contribution in [0.1, 0.15) is 41.6 Å². The second-order valence-corrected chi connectivity index (χ2v) is 12.4. The average Bonchev–Trinajstić information content (AvgIpc) is 3.04. The first-order chi connectivity index (χ1) is 20.9. The van der Waals surface area contributed by atoms with Crippen LogP contribution in [-0.2, 0) is 21.4 Å². The SMILES string of the molecule is O=C(CC(NS(=O)(=O)c1ccc2ccccc2c1)c1ccccc1)NC1CCOc2cc(CNc3ccccc3)ccc21. The van der Waals surface area contributed by atoms with Gasteiger partial charge in [0.1, 0.15) is 5.75 Å². The molecule has 0 radical (unpaired) electrons. The van der Waals surface area contributed by atoms with Crippen LogP contribution in [-0.4, -0.2) is 20.9 Å². The summed E-state index contributed by atoms with van der Waals surface area (Å²) in [5, 5.41) is 8.32. The number of sulfonamides is 1. The fraction of sp³-hybridized carbons (Fsp3) is 0.171. The van der Waals surface area contributed by atoms with Crippen LogP contribution in [0.4, 0.5) is 5.69 Å². The lowest BCUT2D eigenvalue weighted by molar-refractivity contribution is -0.122. The van der Waals surface area contributed by atoms with E-state index in [1.165, 1.54) is 0 Å². The smallest absolute Gasteiger partial charge is 0.241 e. The van der Waals surface area contributed by atoms with Gasteiger partial charge in [-0.15, -0.1) is 0 Å². The topological polar surface area (TPSA) is 96.5 Å². The molecule has 0 aliphatic carbocycles. The molecule has 1 aliphatic heterocycles. The number of hydrogen-bond acceptors (Lipinski definition) is 5. The van der Waals surface area contributed by atoms with Gasteiger partial charge in [0.05, 0.1) is 23.6 Å².